The average molecular weight is 290 g/mol. The largest absolute Gasteiger partial charge is 0.465 e. The third kappa shape index (κ3) is 2.37. The Morgan fingerprint density at radius 2 is 1.59 bits per heavy atom. The van der Waals surface area contributed by atoms with Crippen molar-refractivity contribution in [2.45, 2.75) is 0 Å². The first-order valence-corrected chi connectivity index (χ1v) is 6.90. The summed E-state index contributed by atoms with van der Waals surface area (Å²) in [5.74, 6) is -0.354. The third-order valence-electron chi connectivity index (χ3n) is 3.70. The standard InChI is InChI=1S/C19H14O3/c1-22-19(21)14-8-6-13(7-9-14)17-11-10-15(12-20)16-4-2-3-5-18(16)17/h2-12H,1H3. The van der Waals surface area contributed by atoms with Gasteiger partial charge in [-0.15, -0.1) is 0 Å². The van der Waals surface area contributed by atoms with Crippen LogP contribution in [0, 0.1) is 0 Å². The van der Waals surface area contributed by atoms with Gasteiger partial charge in [0.2, 0.25) is 0 Å². The van der Waals surface area contributed by atoms with Crippen LogP contribution in [0.25, 0.3) is 21.9 Å². The summed E-state index contributed by atoms with van der Waals surface area (Å²) in [6, 6.07) is 18.8. The summed E-state index contributed by atoms with van der Waals surface area (Å²) in [6.45, 7) is 0. The molecule has 3 rings (SSSR count). The van der Waals surface area contributed by atoms with E-state index >= 15 is 0 Å². The summed E-state index contributed by atoms with van der Waals surface area (Å²) in [5.41, 5.74) is 3.20. The first-order chi connectivity index (χ1) is 10.7. The minimum absolute atomic E-state index is 0.354. The minimum atomic E-state index is -0.354. The maximum atomic E-state index is 11.5. The van der Waals surface area contributed by atoms with Crippen molar-refractivity contribution < 1.29 is 14.3 Å². The van der Waals surface area contributed by atoms with Crippen LogP contribution in [0.4, 0.5) is 0 Å². The molecule has 0 fully saturated rings. The van der Waals surface area contributed by atoms with Gasteiger partial charge in [0.25, 0.3) is 0 Å². The number of fused-ring (bicyclic) bond motifs is 1. The number of carbonyl (C=O) groups excluding carboxylic acids is 2. The Morgan fingerprint density at radius 1 is 0.909 bits per heavy atom. The molecular weight excluding hydrogens is 276 g/mol. The number of methoxy groups -OCH3 is 1. The molecule has 3 heteroatoms. The fourth-order valence-electron chi connectivity index (χ4n) is 2.58. The van der Waals surface area contributed by atoms with Crippen molar-refractivity contribution >= 4 is 23.0 Å². The number of rotatable bonds is 3. The van der Waals surface area contributed by atoms with Crippen LogP contribution in [0.2, 0.25) is 0 Å². The summed E-state index contributed by atoms with van der Waals surface area (Å²) in [6.07, 6.45) is 0.868. The number of benzene rings is 3. The Kier molecular flexibility index (Phi) is 3.71. The summed E-state index contributed by atoms with van der Waals surface area (Å²) in [7, 11) is 1.36. The molecule has 0 heterocycles. The number of ether oxygens (including phenoxy) is 1. The van der Waals surface area contributed by atoms with Crippen molar-refractivity contribution in [2.24, 2.45) is 0 Å². The summed E-state index contributed by atoms with van der Waals surface area (Å²) < 4.78 is 4.70. The van der Waals surface area contributed by atoms with Crippen LogP contribution in [-0.2, 0) is 4.74 Å². The van der Waals surface area contributed by atoms with Gasteiger partial charge in [0, 0.05) is 5.56 Å². The van der Waals surface area contributed by atoms with E-state index in [1.54, 1.807) is 12.1 Å². The Hall–Kier alpha value is -2.94. The second kappa shape index (κ2) is 5.82. The smallest absolute Gasteiger partial charge is 0.337 e. The summed E-state index contributed by atoms with van der Waals surface area (Å²) in [5, 5.41) is 1.94. The van der Waals surface area contributed by atoms with Gasteiger partial charge in [-0.05, 0) is 34.0 Å². The SMILES string of the molecule is COC(=O)c1ccc(-c2ccc(C=O)c3ccccc23)cc1. The minimum Gasteiger partial charge on any atom is -0.465 e. The zero-order valence-corrected chi connectivity index (χ0v) is 12.1. The van der Waals surface area contributed by atoms with E-state index in [2.05, 4.69) is 0 Å². The van der Waals surface area contributed by atoms with Crippen molar-refractivity contribution in [3.63, 3.8) is 0 Å². The van der Waals surface area contributed by atoms with Crippen LogP contribution in [0.1, 0.15) is 20.7 Å². The van der Waals surface area contributed by atoms with Gasteiger partial charge < -0.3 is 4.74 Å². The maximum absolute atomic E-state index is 11.5. The van der Waals surface area contributed by atoms with E-state index in [1.165, 1.54) is 7.11 Å². The van der Waals surface area contributed by atoms with Crippen LogP contribution in [0.5, 0.6) is 0 Å². The molecule has 0 saturated heterocycles. The van der Waals surface area contributed by atoms with Gasteiger partial charge in [0.15, 0.2) is 6.29 Å². The molecule has 0 aliphatic heterocycles. The van der Waals surface area contributed by atoms with E-state index in [0.29, 0.717) is 11.1 Å². The van der Waals surface area contributed by atoms with Crippen molar-refractivity contribution in [3.05, 3.63) is 71.8 Å². The number of hydrogen-bond donors (Lipinski definition) is 0. The molecule has 0 aliphatic carbocycles. The quantitative estimate of drug-likeness (QED) is 0.538. The summed E-state index contributed by atoms with van der Waals surface area (Å²) in [4.78, 5) is 22.7. The molecule has 0 saturated carbocycles. The Balaban J connectivity index is 2.14. The predicted octanol–water partition coefficient (Wildman–Crippen LogP) is 4.11. The van der Waals surface area contributed by atoms with Gasteiger partial charge >= 0.3 is 5.97 Å². The predicted molar refractivity (Wildman–Crippen MR) is 86.1 cm³/mol. The molecule has 0 N–H and O–H groups in total. The molecule has 0 radical (unpaired) electrons. The molecule has 3 aromatic carbocycles. The topological polar surface area (TPSA) is 43.4 Å². The average Bonchev–Trinajstić information content (AvgIpc) is 2.60. The number of aldehydes is 1. The van der Waals surface area contributed by atoms with Gasteiger partial charge in [-0.2, -0.15) is 0 Å². The van der Waals surface area contributed by atoms with E-state index in [1.807, 2.05) is 48.5 Å². The second-order valence-corrected chi connectivity index (χ2v) is 4.93. The molecule has 22 heavy (non-hydrogen) atoms. The molecular formula is C19H14O3. The zero-order valence-electron chi connectivity index (χ0n) is 12.1. The molecule has 3 nitrogen and oxygen atoms in total. The molecule has 0 spiro atoms. The zero-order chi connectivity index (χ0) is 15.5. The van der Waals surface area contributed by atoms with E-state index < -0.39 is 0 Å². The molecule has 0 bridgehead atoms. The van der Waals surface area contributed by atoms with E-state index in [0.717, 1.165) is 28.2 Å². The Labute approximate surface area is 128 Å². The number of hydrogen-bond acceptors (Lipinski definition) is 3. The van der Waals surface area contributed by atoms with Crippen molar-refractivity contribution in [2.75, 3.05) is 7.11 Å². The Morgan fingerprint density at radius 3 is 2.23 bits per heavy atom. The van der Waals surface area contributed by atoms with Gasteiger partial charge in [-0.25, -0.2) is 4.79 Å². The third-order valence-corrected chi connectivity index (χ3v) is 3.70. The van der Waals surface area contributed by atoms with Crippen LogP contribution < -0.4 is 0 Å². The van der Waals surface area contributed by atoms with E-state index in [9.17, 15) is 9.59 Å². The van der Waals surface area contributed by atoms with Gasteiger partial charge in [-0.3, -0.25) is 4.79 Å². The normalized spacial score (nSPS) is 10.4. The lowest BCUT2D eigenvalue weighted by Gasteiger charge is -2.09. The second-order valence-electron chi connectivity index (χ2n) is 4.93. The van der Waals surface area contributed by atoms with Crippen molar-refractivity contribution in [3.8, 4) is 11.1 Å². The highest BCUT2D eigenvalue weighted by Gasteiger charge is 2.09. The lowest BCUT2D eigenvalue weighted by molar-refractivity contribution is 0.0600. The Bertz CT molecular complexity index is 848. The lowest BCUT2D eigenvalue weighted by atomic mass is 9.95. The number of carbonyl (C=O) groups is 2. The van der Waals surface area contributed by atoms with Crippen LogP contribution in [0.15, 0.2) is 60.7 Å². The monoisotopic (exact) mass is 290 g/mol. The first kappa shape index (κ1) is 14.0. The van der Waals surface area contributed by atoms with Crippen LogP contribution in [-0.4, -0.2) is 19.4 Å². The van der Waals surface area contributed by atoms with Gasteiger partial charge in [0.05, 0.1) is 12.7 Å². The molecule has 0 atom stereocenters. The molecule has 0 unspecified atom stereocenters. The highest BCUT2D eigenvalue weighted by atomic mass is 16.5. The first-order valence-electron chi connectivity index (χ1n) is 6.90. The molecule has 3 aromatic rings. The molecule has 0 aliphatic rings. The van der Waals surface area contributed by atoms with E-state index in [-0.39, 0.29) is 5.97 Å². The lowest BCUT2D eigenvalue weighted by Crippen LogP contribution is -2.00. The van der Waals surface area contributed by atoms with E-state index in [4.69, 9.17) is 4.74 Å². The summed E-state index contributed by atoms with van der Waals surface area (Å²) >= 11 is 0. The van der Waals surface area contributed by atoms with Crippen molar-refractivity contribution in [1.82, 2.24) is 0 Å². The fourth-order valence-corrected chi connectivity index (χ4v) is 2.58. The fraction of sp³-hybridized carbons (Fsp3) is 0.0526. The highest BCUT2D eigenvalue weighted by molar-refractivity contribution is 6.05. The van der Waals surface area contributed by atoms with Crippen LogP contribution in [0.3, 0.4) is 0 Å². The van der Waals surface area contributed by atoms with Crippen LogP contribution >= 0.6 is 0 Å². The highest BCUT2D eigenvalue weighted by Crippen LogP contribution is 2.30. The van der Waals surface area contributed by atoms with Crippen molar-refractivity contribution in [1.29, 1.82) is 0 Å². The maximum Gasteiger partial charge on any atom is 0.337 e. The number of esters is 1. The molecule has 0 amide bonds. The van der Waals surface area contributed by atoms with Gasteiger partial charge in [0.1, 0.15) is 0 Å². The molecule has 108 valence electrons. The molecule has 0 aromatic heterocycles. The van der Waals surface area contributed by atoms with Gasteiger partial charge in [-0.1, -0.05) is 48.5 Å².